The number of fused-ring (bicyclic) bond motifs is 1. The lowest BCUT2D eigenvalue weighted by molar-refractivity contribution is -0.269. The third-order valence-electron chi connectivity index (χ3n) is 9.98. The van der Waals surface area contributed by atoms with Gasteiger partial charge in [-0.2, -0.15) is 0 Å². The molecule has 2 aromatic carbocycles. The van der Waals surface area contributed by atoms with Crippen LogP contribution in [0.3, 0.4) is 0 Å². The zero-order chi connectivity index (χ0) is 29.4. The summed E-state index contributed by atoms with van der Waals surface area (Å²) in [5.74, 6) is -1.68. The Balaban J connectivity index is 1.60. The highest BCUT2D eigenvalue weighted by Gasteiger charge is 2.70. The van der Waals surface area contributed by atoms with E-state index in [0.29, 0.717) is 24.0 Å². The lowest BCUT2D eigenvalue weighted by Gasteiger charge is -2.65. The highest BCUT2D eigenvalue weighted by atomic mass is 16.6. The lowest BCUT2D eigenvalue weighted by atomic mass is 9.43. The van der Waals surface area contributed by atoms with Gasteiger partial charge in [0.1, 0.15) is 12.2 Å². The zero-order valence-corrected chi connectivity index (χ0v) is 23.9. The van der Waals surface area contributed by atoms with Gasteiger partial charge in [0, 0.05) is 16.9 Å². The average molecular weight is 559 g/mol. The number of carbonyl (C=O) groups excluding carboxylic acids is 3. The number of hydrogen-bond acceptors (Lipinski definition) is 7. The van der Waals surface area contributed by atoms with Crippen molar-refractivity contribution in [1.29, 1.82) is 0 Å². The molecular formula is C34H38O7. The number of benzene rings is 2. The van der Waals surface area contributed by atoms with Crippen molar-refractivity contribution in [2.24, 2.45) is 16.7 Å². The van der Waals surface area contributed by atoms with Gasteiger partial charge in [-0.1, -0.05) is 62.4 Å². The van der Waals surface area contributed by atoms with Crippen LogP contribution in [0, 0.1) is 16.7 Å². The molecule has 216 valence electrons. The summed E-state index contributed by atoms with van der Waals surface area (Å²) >= 11 is 0. The van der Waals surface area contributed by atoms with Crippen LogP contribution in [0.25, 0.3) is 0 Å². The van der Waals surface area contributed by atoms with Gasteiger partial charge in [0.05, 0.1) is 11.1 Å². The fourth-order valence-corrected chi connectivity index (χ4v) is 7.28. The maximum absolute atomic E-state index is 13.5. The van der Waals surface area contributed by atoms with Crippen molar-refractivity contribution in [3.05, 3.63) is 95.6 Å². The number of esters is 3. The molecule has 2 aromatic rings. The second-order valence-electron chi connectivity index (χ2n) is 12.2. The Hall–Kier alpha value is -3.71. The SMILES string of the molecule is C=C1CCCC2C1(C)C(OC(=O)c1ccccc1)C(OC(=O)c1ccccc1)C(C)(O)C2(C)CCC1=CC(=O)OC1. The first-order chi connectivity index (χ1) is 19.5. The summed E-state index contributed by atoms with van der Waals surface area (Å²) in [7, 11) is 0. The molecule has 41 heavy (non-hydrogen) atoms. The molecule has 7 heteroatoms. The van der Waals surface area contributed by atoms with E-state index < -0.39 is 40.6 Å². The number of aliphatic hydroxyl groups is 1. The second-order valence-corrected chi connectivity index (χ2v) is 12.2. The lowest BCUT2D eigenvalue weighted by Crippen LogP contribution is -2.73. The van der Waals surface area contributed by atoms with E-state index in [4.69, 9.17) is 14.2 Å². The van der Waals surface area contributed by atoms with E-state index in [-0.39, 0.29) is 18.5 Å². The molecule has 7 nitrogen and oxygen atoms in total. The highest BCUT2D eigenvalue weighted by Crippen LogP contribution is 2.65. The van der Waals surface area contributed by atoms with Crippen molar-refractivity contribution in [3.8, 4) is 0 Å². The normalized spacial score (nSPS) is 32.9. The van der Waals surface area contributed by atoms with E-state index in [1.807, 2.05) is 19.9 Å². The summed E-state index contributed by atoms with van der Waals surface area (Å²) in [6.07, 6.45) is 2.76. The fraction of sp³-hybridized carbons (Fsp3) is 0.441. The molecule has 1 aliphatic heterocycles. The number of rotatable bonds is 7. The Labute approximate surface area is 241 Å². The van der Waals surface area contributed by atoms with Crippen LogP contribution in [0.2, 0.25) is 0 Å². The topological polar surface area (TPSA) is 99.1 Å². The number of hydrogen-bond donors (Lipinski definition) is 1. The Morgan fingerprint density at radius 2 is 1.51 bits per heavy atom. The van der Waals surface area contributed by atoms with E-state index in [1.54, 1.807) is 61.5 Å². The summed E-state index contributed by atoms with van der Waals surface area (Å²) < 4.78 is 17.6. The number of ether oxygens (including phenoxy) is 3. The first-order valence-electron chi connectivity index (χ1n) is 14.3. The summed E-state index contributed by atoms with van der Waals surface area (Å²) in [5, 5.41) is 12.6. The molecule has 0 aromatic heterocycles. The molecule has 1 N–H and O–H groups in total. The standard InChI is InChI=1S/C34H38O7/c1-22-12-11-17-26-32(2,19-18-23-20-27(35)39-21-23)34(4,38)29(41-31(37)25-15-9-6-10-16-25)28(33(22,26)3)40-30(36)24-13-7-5-8-14-24/h5-10,13-16,20,26,28-29,38H,1,11-12,17-19,21H2,2-4H3. The molecule has 5 rings (SSSR count). The predicted molar refractivity (Wildman–Crippen MR) is 153 cm³/mol. The highest BCUT2D eigenvalue weighted by molar-refractivity contribution is 5.90. The van der Waals surface area contributed by atoms with Crippen molar-refractivity contribution in [3.63, 3.8) is 0 Å². The maximum Gasteiger partial charge on any atom is 0.338 e. The summed E-state index contributed by atoms with van der Waals surface area (Å²) in [4.78, 5) is 38.8. The third kappa shape index (κ3) is 5.01. The van der Waals surface area contributed by atoms with Gasteiger partial charge in [-0.05, 0) is 74.8 Å². The Morgan fingerprint density at radius 1 is 0.951 bits per heavy atom. The van der Waals surface area contributed by atoms with E-state index >= 15 is 0 Å². The molecule has 6 unspecified atom stereocenters. The van der Waals surface area contributed by atoms with Crippen molar-refractivity contribution in [2.75, 3.05) is 6.61 Å². The van der Waals surface area contributed by atoms with E-state index in [9.17, 15) is 19.5 Å². The second kappa shape index (κ2) is 10.9. The first-order valence-corrected chi connectivity index (χ1v) is 14.3. The average Bonchev–Trinajstić information content (AvgIpc) is 3.39. The van der Waals surface area contributed by atoms with Crippen molar-refractivity contribution >= 4 is 17.9 Å². The molecule has 0 amide bonds. The smallest absolute Gasteiger partial charge is 0.338 e. The van der Waals surface area contributed by atoms with Crippen molar-refractivity contribution in [2.45, 2.75) is 70.7 Å². The van der Waals surface area contributed by atoms with Crippen LogP contribution in [0.5, 0.6) is 0 Å². The third-order valence-corrected chi connectivity index (χ3v) is 9.98. The van der Waals surface area contributed by atoms with Gasteiger partial charge in [0.25, 0.3) is 0 Å². The van der Waals surface area contributed by atoms with Gasteiger partial charge in [-0.3, -0.25) is 0 Å². The van der Waals surface area contributed by atoms with Gasteiger partial charge < -0.3 is 19.3 Å². The molecule has 0 radical (unpaired) electrons. The van der Waals surface area contributed by atoms with Crippen molar-refractivity contribution in [1.82, 2.24) is 0 Å². The van der Waals surface area contributed by atoms with E-state index in [1.165, 1.54) is 6.08 Å². The van der Waals surface area contributed by atoms with Crippen LogP contribution >= 0.6 is 0 Å². The zero-order valence-electron chi connectivity index (χ0n) is 23.9. The summed E-state index contributed by atoms with van der Waals surface area (Å²) in [6.45, 7) is 10.4. The van der Waals surface area contributed by atoms with Crippen LogP contribution < -0.4 is 0 Å². The summed E-state index contributed by atoms with van der Waals surface area (Å²) in [5.41, 5.74) is -0.732. The molecule has 1 heterocycles. The molecule has 6 atom stereocenters. The molecule has 2 saturated carbocycles. The van der Waals surface area contributed by atoms with Gasteiger partial charge in [-0.15, -0.1) is 0 Å². The molecule has 0 saturated heterocycles. The minimum atomic E-state index is -1.61. The Kier molecular flexibility index (Phi) is 7.68. The summed E-state index contributed by atoms with van der Waals surface area (Å²) in [6, 6.07) is 17.3. The molecule has 3 aliphatic rings. The molecule has 2 aliphatic carbocycles. The van der Waals surface area contributed by atoms with Gasteiger partial charge >= 0.3 is 17.9 Å². The monoisotopic (exact) mass is 558 g/mol. The largest absolute Gasteiger partial charge is 0.458 e. The molecular weight excluding hydrogens is 520 g/mol. The number of carbonyl (C=O) groups is 3. The van der Waals surface area contributed by atoms with Gasteiger partial charge in [0.15, 0.2) is 12.2 Å². The van der Waals surface area contributed by atoms with Crippen LogP contribution in [-0.2, 0) is 19.0 Å². The predicted octanol–water partition coefficient (Wildman–Crippen LogP) is 5.83. The first kappa shape index (κ1) is 28.8. The van der Waals surface area contributed by atoms with Gasteiger partial charge in [-0.25, -0.2) is 14.4 Å². The molecule has 0 spiro atoms. The molecule has 2 fully saturated rings. The fourth-order valence-electron chi connectivity index (χ4n) is 7.28. The van der Waals surface area contributed by atoms with Crippen LogP contribution in [0.15, 0.2) is 84.5 Å². The van der Waals surface area contributed by atoms with Crippen LogP contribution in [0.1, 0.15) is 73.6 Å². The minimum Gasteiger partial charge on any atom is -0.458 e. The maximum atomic E-state index is 13.5. The van der Waals surface area contributed by atoms with Crippen molar-refractivity contribution < 1.29 is 33.7 Å². The Bertz CT molecular complexity index is 1360. The Morgan fingerprint density at radius 3 is 2.05 bits per heavy atom. The van der Waals surface area contributed by atoms with E-state index in [0.717, 1.165) is 30.4 Å². The molecule has 0 bridgehead atoms. The van der Waals surface area contributed by atoms with Crippen LogP contribution in [-0.4, -0.2) is 47.4 Å². The van der Waals surface area contributed by atoms with Gasteiger partial charge in [0.2, 0.25) is 0 Å². The van der Waals surface area contributed by atoms with Crippen LogP contribution in [0.4, 0.5) is 0 Å². The number of cyclic esters (lactones) is 1. The quantitative estimate of drug-likeness (QED) is 0.259. The minimum absolute atomic E-state index is 0.148. The van der Waals surface area contributed by atoms with E-state index in [2.05, 4.69) is 6.58 Å².